The first-order valence-electron chi connectivity index (χ1n) is 7.51. The number of nitrogens with one attached hydrogen (secondary N) is 1. The van der Waals surface area contributed by atoms with Crippen LogP contribution in [0.1, 0.15) is 57.2 Å². The van der Waals surface area contributed by atoms with E-state index in [9.17, 15) is 0 Å². The lowest BCUT2D eigenvalue weighted by molar-refractivity contribution is 0.512. The summed E-state index contributed by atoms with van der Waals surface area (Å²) in [5, 5.41) is 4.46. The molecule has 1 saturated carbocycles. The Hall–Kier alpha value is -0.610. The van der Waals surface area contributed by atoms with E-state index in [0.29, 0.717) is 6.04 Å². The number of aromatic nitrogens is 2. The van der Waals surface area contributed by atoms with Crippen molar-refractivity contribution in [2.75, 3.05) is 12.3 Å². The van der Waals surface area contributed by atoms with Crippen molar-refractivity contribution >= 4 is 11.8 Å². The monoisotopic (exact) mass is 279 g/mol. The van der Waals surface area contributed by atoms with E-state index in [0.717, 1.165) is 29.7 Å². The van der Waals surface area contributed by atoms with Crippen molar-refractivity contribution in [1.82, 2.24) is 15.3 Å². The fraction of sp³-hybridized carbons (Fsp3) is 0.733. The van der Waals surface area contributed by atoms with Gasteiger partial charge >= 0.3 is 0 Å². The molecule has 0 radical (unpaired) electrons. The quantitative estimate of drug-likeness (QED) is 0.828. The van der Waals surface area contributed by atoms with E-state index in [1.165, 1.54) is 32.1 Å². The van der Waals surface area contributed by atoms with Crippen molar-refractivity contribution in [2.45, 2.75) is 56.7 Å². The molecule has 106 valence electrons. The third-order valence-corrected chi connectivity index (χ3v) is 5.10. The highest BCUT2D eigenvalue weighted by molar-refractivity contribution is 7.99. The average Bonchev–Trinajstić information content (AvgIpc) is 2.49. The summed E-state index contributed by atoms with van der Waals surface area (Å²) in [6, 6.07) is 0.348. The molecule has 0 aliphatic heterocycles. The second kappa shape index (κ2) is 8.54. The molecule has 3 nitrogen and oxygen atoms in total. The molecule has 0 amide bonds. The van der Waals surface area contributed by atoms with Crippen LogP contribution in [0.2, 0.25) is 0 Å². The normalized spacial score (nSPS) is 18.4. The van der Waals surface area contributed by atoms with E-state index in [4.69, 9.17) is 0 Å². The Morgan fingerprint density at radius 1 is 1.32 bits per heavy atom. The molecule has 0 bridgehead atoms. The van der Waals surface area contributed by atoms with Gasteiger partial charge in [-0.15, -0.1) is 0 Å². The molecule has 1 aromatic heterocycles. The first kappa shape index (κ1) is 14.8. The van der Waals surface area contributed by atoms with Crippen LogP contribution >= 0.6 is 11.8 Å². The lowest BCUT2D eigenvalue weighted by Crippen LogP contribution is -2.26. The minimum absolute atomic E-state index is 0.348. The van der Waals surface area contributed by atoms with Gasteiger partial charge in [0.1, 0.15) is 0 Å². The fourth-order valence-electron chi connectivity index (χ4n) is 2.52. The molecule has 1 atom stereocenters. The highest BCUT2D eigenvalue weighted by atomic mass is 32.2. The fourth-order valence-corrected chi connectivity index (χ4v) is 3.94. The molecule has 1 heterocycles. The summed E-state index contributed by atoms with van der Waals surface area (Å²) in [4.78, 5) is 8.65. The zero-order valence-electron chi connectivity index (χ0n) is 11.8. The molecule has 1 aliphatic carbocycles. The maximum Gasteiger partial charge on any atom is 0.0764 e. The van der Waals surface area contributed by atoms with E-state index in [1.807, 2.05) is 6.20 Å². The van der Waals surface area contributed by atoms with Crippen LogP contribution in [0.5, 0.6) is 0 Å². The van der Waals surface area contributed by atoms with E-state index in [2.05, 4.69) is 34.0 Å². The smallest absolute Gasteiger partial charge is 0.0764 e. The van der Waals surface area contributed by atoms with Gasteiger partial charge in [0.05, 0.1) is 11.7 Å². The van der Waals surface area contributed by atoms with Gasteiger partial charge in [0.15, 0.2) is 0 Å². The number of hydrogen-bond donors (Lipinski definition) is 1. The van der Waals surface area contributed by atoms with Crippen LogP contribution in [-0.2, 0) is 0 Å². The first-order chi connectivity index (χ1) is 9.40. The number of thioether (sulfide) groups is 1. The van der Waals surface area contributed by atoms with Crippen LogP contribution in [0.25, 0.3) is 0 Å². The van der Waals surface area contributed by atoms with Crippen molar-refractivity contribution in [3.8, 4) is 0 Å². The van der Waals surface area contributed by atoms with Gasteiger partial charge in [0.25, 0.3) is 0 Å². The molecule has 4 heteroatoms. The Balaban J connectivity index is 1.86. The zero-order chi connectivity index (χ0) is 13.3. The van der Waals surface area contributed by atoms with E-state index in [1.54, 1.807) is 12.4 Å². The summed E-state index contributed by atoms with van der Waals surface area (Å²) in [5.41, 5.74) is 1.08. The van der Waals surface area contributed by atoms with Crippen molar-refractivity contribution in [3.05, 3.63) is 24.3 Å². The minimum Gasteiger partial charge on any atom is -0.308 e. The predicted molar refractivity (Wildman–Crippen MR) is 82.4 cm³/mol. The van der Waals surface area contributed by atoms with E-state index >= 15 is 0 Å². The second-order valence-electron chi connectivity index (χ2n) is 5.23. The standard InChI is InChI=1S/C15H25N3S/c1-2-8-17-15(14-11-16-9-10-18-14)12-19-13-6-4-3-5-7-13/h9-11,13,15,17H,2-8,12H2,1H3. The highest BCUT2D eigenvalue weighted by Gasteiger charge is 2.18. The van der Waals surface area contributed by atoms with Gasteiger partial charge in [0, 0.05) is 29.6 Å². The lowest BCUT2D eigenvalue weighted by atomic mass is 10.0. The summed E-state index contributed by atoms with van der Waals surface area (Å²) in [7, 11) is 0. The molecular weight excluding hydrogens is 254 g/mol. The van der Waals surface area contributed by atoms with E-state index < -0.39 is 0 Å². The SMILES string of the molecule is CCCNC(CSC1CCCCC1)c1cnccn1. The van der Waals surface area contributed by atoms with Crippen molar-refractivity contribution in [2.24, 2.45) is 0 Å². The number of rotatable bonds is 7. The van der Waals surface area contributed by atoms with Crippen molar-refractivity contribution in [3.63, 3.8) is 0 Å². The summed E-state index contributed by atoms with van der Waals surface area (Å²) in [5.74, 6) is 1.11. The van der Waals surface area contributed by atoms with Crippen LogP contribution in [0.3, 0.4) is 0 Å². The maximum absolute atomic E-state index is 4.46. The molecule has 1 aromatic rings. The Kier molecular flexibility index (Phi) is 6.65. The Labute approximate surface area is 121 Å². The van der Waals surface area contributed by atoms with Gasteiger partial charge in [-0.25, -0.2) is 0 Å². The molecule has 1 fully saturated rings. The lowest BCUT2D eigenvalue weighted by Gasteiger charge is -2.24. The van der Waals surface area contributed by atoms with Gasteiger partial charge in [-0.1, -0.05) is 26.2 Å². The van der Waals surface area contributed by atoms with Crippen molar-refractivity contribution in [1.29, 1.82) is 0 Å². The first-order valence-corrected chi connectivity index (χ1v) is 8.56. The second-order valence-corrected chi connectivity index (χ2v) is 6.56. The Morgan fingerprint density at radius 3 is 2.84 bits per heavy atom. The molecule has 0 saturated heterocycles. The van der Waals surface area contributed by atoms with Crippen LogP contribution < -0.4 is 5.32 Å². The Bertz CT molecular complexity index is 339. The van der Waals surface area contributed by atoms with Crippen molar-refractivity contribution < 1.29 is 0 Å². The van der Waals surface area contributed by atoms with Gasteiger partial charge in [-0.05, 0) is 25.8 Å². The third kappa shape index (κ3) is 5.11. The summed E-state index contributed by atoms with van der Waals surface area (Å²) >= 11 is 2.12. The molecule has 1 unspecified atom stereocenters. The minimum atomic E-state index is 0.348. The third-order valence-electron chi connectivity index (χ3n) is 3.63. The average molecular weight is 279 g/mol. The maximum atomic E-state index is 4.46. The van der Waals surface area contributed by atoms with Crippen LogP contribution in [0.15, 0.2) is 18.6 Å². The van der Waals surface area contributed by atoms with E-state index in [-0.39, 0.29) is 0 Å². The largest absolute Gasteiger partial charge is 0.308 e. The molecule has 0 spiro atoms. The zero-order valence-corrected chi connectivity index (χ0v) is 12.7. The number of nitrogens with zero attached hydrogens (tertiary/aromatic N) is 2. The molecule has 1 aliphatic rings. The topological polar surface area (TPSA) is 37.8 Å². The van der Waals surface area contributed by atoms with Crippen LogP contribution in [-0.4, -0.2) is 27.5 Å². The predicted octanol–water partition coefficient (Wildman–Crippen LogP) is 3.58. The molecule has 1 N–H and O–H groups in total. The summed E-state index contributed by atoms with van der Waals surface area (Å²) in [6.45, 7) is 3.25. The molecule has 0 aromatic carbocycles. The molecular formula is C15H25N3S. The van der Waals surface area contributed by atoms with Gasteiger partial charge in [-0.3, -0.25) is 9.97 Å². The number of hydrogen-bond acceptors (Lipinski definition) is 4. The van der Waals surface area contributed by atoms with Crippen LogP contribution in [0, 0.1) is 0 Å². The van der Waals surface area contributed by atoms with Gasteiger partial charge in [-0.2, -0.15) is 11.8 Å². The van der Waals surface area contributed by atoms with Gasteiger partial charge < -0.3 is 5.32 Å². The summed E-state index contributed by atoms with van der Waals surface area (Å²) < 4.78 is 0. The summed E-state index contributed by atoms with van der Waals surface area (Å²) in [6.07, 6.45) is 13.6. The van der Waals surface area contributed by atoms with Crippen LogP contribution in [0.4, 0.5) is 0 Å². The molecule has 2 rings (SSSR count). The highest BCUT2D eigenvalue weighted by Crippen LogP contribution is 2.30. The van der Waals surface area contributed by atoms with Gasteiger partial charge in [0.2, 0.25) is 0 Å². The Morgan fingerprint density at radius 2 is 2.16 bits per heavy atom. The molecule has 19 heavy (non-hydrogen) atoms.